The first kappa shape index (κ1) is 45.9. The van der Waals surface area contributed by atoms with E-state index in [1.54, 1.807) is 60.8 Å². The van der Waals surface area contributed by atoms with Gasteiger partial charge in [0.1, 0.15) is 30.3 Å². The van der Waals surface area contributed by atoms with Crippen LogP contribution in [0.4, 0.5) is 16.2 Å². The summed E-state index contributed by atoms with van der Waals surface area (Å²) < 4.78 is 17.8. The topological polar surface area (TPSA) is 181 Å². The number of hydrogen-bond acceptors (Lipinski definition) is 11. The summed E-state index contributed by atoms with van der Waals surface area (Å²) in [5, 5.41) is 39.5. The molecule has 0 radical (unpaired) electrons. The third kappa shape index (κ3) is 12.9. The van der Waals surface area contributed by atoms with Crippen molar-refractivity contribution in [2.45, 2.75) is 80.4 Å². The lowest BCUT2D eigenvalue weighted by atomic mass is 10.1. The van der Waals surface area contributed by atoms with Crippen molar-refractivity contribution in [3.63, 3.8) is 0 Å². The molecule has 0 spiro atoms. The lowest BCUT2D eigenvalue weighted by molar-refractivity contribution is 0.0577. The van der Waals surface area contributed by atoms with Crippen LogP contribution in [-0.4, -0.2) is 21.7 Å². The number of pyridine rings is 2. The number of amides is 1. The van der Waals surface area contributed by atoms with Gasteiger partial charge in [-0.15, -0.1) is 0 Å². The highest BCUT2D eigenvalue weighted by molar-refractivity contribution is 5.88. The first-order chi connectivity index (χ1) is 30.2. The molecule has 0 atom stereocenters. The second kappa shape index (κ2) is 21.4. The Labute approximate surface area is 369 Å². The molecular weight excluding hydrogens is 789 g/mol. The molecule has 12 heteroatoms. The van der Waals surface area contributed by atoms with Crippen LogP contribution in [0.5, 0.6) is 11.5 Å². The first-order valence-corrected chi connectivity index (χ1v) is 20.1. The maximum absolute atomic E-state index is 13.1. The molecule has 0 bridgehead atoms. The first-order valence-electron chi connectivity index (χ1n) is 20.1. The van der Waals surface area contributed by atoms with Crippen LogP contribution < -0.4 is 19.7 Å². The summed E-state index contributed by atoms with van der Waals surface area (Å²) in [5.41, 5.74) is 10.3. The normalized spacial score (nSPS) is 10.4. The number of hydrogen-bond donors (Lipinski definition) is 1. The van der Waals surface area contributed by atoms with Crippen molar-refractivity contribution < 1.29 is 19.0 Å². The predicted molar refractivity (Wildman–Crippen MR) is 240 cm³/mol. The van der Waals surface area contributed by atoms with Crippen LogP contribution in [0.2, 0.25) is 0 Å². The Morgan fingerprint density at radius 3 is 1.57 bits per heavy atom. The minimum Gasteiger partial charge on any atom is -0.487 e. The number of aryl methyl sites for hydroxylation is 2. The number of ether oxygens (including phenoxy) is 3. The number of rotatable bonds is 12. The minimum absolute atomic E-state index is 0.209. The smallest absolute Gasteiger partial charge is 0.415 e. The monoisotopic (exact) mass is 836 g/mol. The van der Waals surface area contributed by atoms with Crippen LogP contribution in [-0.2, 0) is 31.0 Å². The van der Waals surface area contributed by atoms with Crippen LogP contribution in [0, 0.1) is 73.0 Å². The van der Waals surface area contributed by atoms with E-state index in [9.17, 15) is 4.79 Å². The number of anilines is 2. The summed E-state index contributed by atoms with van der Waals surface area (Å²) in [6, 6.07) is 37.2. The number of nitriles is 4. The van der Waals surface area contributed by atoms with Crippen LogP contribution in [0.3, 0.4) is 0 Å². The van der Waals surface area contributed by atoms with E-state index < -0.39 is 11.7 Å². The molecule has 2 heterocycles. The van der Waals surface area contributed by atoms with Crippen molar-refractivity contribution in [3.8, 4) is 35.8 Å². The average molecular weight is 837 g/mol. The summed E-state index contributed by atoms with van der Waals surface area (Å²) in [4.78, 5) is 23.6. The summed E-state index contributed by atoms with van der Waals surface area (Å²) >= 11 is 0. The van der Waals surface area contributed by atoms with Gasteiger partial charge in [0.15, 0.2) is 0 Å². The van der Waals surface area contributed by atoms with Gasteiger partial charge < -0.3 is 19.5 Å². The van der Waals surface area contributed by atoms with Gasteiger partial charge in [0.05, 0.1) is 64.5 Å². The van der Waals surface area contributed by atoms with Gasteiger partial charge in [0.2, 0.25) is 0 Å². The van der Waals surface area contributed by atoms with Gasteiger partial charge in [-0.3, -0.25) is 14.9 Å². The van der Waals surface area contributed by atoms with E-state index in [4.69, 9.17) is 35.3 Å². The van der Waals surface area contributed by atoms with Crippen molar-refractivity contribution in [1.82, 2.24) is 9.97 Å². The number of nitrogens with one attached hydrogen (secondary N) is 1. The van der Waals surface area contributed by atoms with E-state index >= 15 is 0 Å². The Bertz CT molecular complexity index is 2730. The highest BCUT2D eigenvalue weighted by Crippen LogP contribution is 2.30. The average Bonchev–Trinajstić information content (AvgIpc) is 3.28. The summed E-state index contributed by atoms with van der Waals surface area (Å²) in [6.45, 7) is 14.7. The molecular formula is C51H48N8O4. The largest absolute Gasteiger partial charge is 0.487 e. The minimum atomic E-state index is -0.672. The summed E-state index contributed by atoms with van der Waals surface area (Å²) in [6.07, 6.45) is 3.08. The predicted octanol–water partition coefficient (Wildman–Crippen LogP) is 10.6. The number of benzene rings is 4. The molecule has 0 unspecified atom stereocenters. The molecule has 1 N–H and O–H groups in total. The molecule has 63 heavy (non-hydrogen) atoms. The van der Waals surface area contributed by atoms with Crippen molar-refractivity contribution in [3.05, 3.63) is 176 Å². The SMILES string of the molecule is Cc1ncc(CN(C(=O)OC(C)(C)C)c2ccc(C#N)cc2)c(C)c1OCc1cccc(C#N)c1.Cc1ncc(CNc2ccc(C#N)cc2)c(C)c1OCc1cccc(C#N)c1. The zero-order chi connectivity index (χ0) is 45.5. The fourth-order valence-corrected chi connectivity index (χ4v) is 6.35. The Hall–Kier alpha value is -8.19. The van der Waals surface area contributed by atoms with Crippen LogP contribution in [0.1, 0.15) is 87.8 Å². The van der Waals surface area contributed by atoms with E-state index in [-0.39, 0.29) is 13.2 Å². The van der Waals surface area contributed by atoms with Gasteiger partial charge in [-0.1, -0.05) is 24.3 Å². The Morgan fingerprint density at radius 1 is 0.635 bits per heavy atom. The molecule has 0 aliphatic heterocycles. The summed E-state index contributed by atoms with van der Waals surface area (Å²) in [7, 11) is 0. The zero-order valence-electron chi connectivity index (χ0n) is 36.5. The lowest BCUT2D eigenvalue weighted by Gasteiger charge is -2.28. The molecule has 0 fully saturated rings. The van der Waals surface area contributed by atoms with Gasteiger partial charge in [0.25, 0.3) is 0 Å². The van der Waals surface area contributed by atoms with E-state index in [2.05, 4.69) is 39.6 Å². The van der Waals surface area contributed by atoms with Gasteiger partial charge in [-0.25, -0.2) is 4.79 Å². The molecule has 0 aliphatic carbocycles. The Balaban J connectivity index is 0.000000243. The van der Waals surface area contributed by atoms with E-state index in [0.717, 1.165) is 56.2 Å². The quantitative estimate of drug-likeness (QED) is 0.124. The second-order valence-electron chi connectivity index (χ2n) is 15.6. The maximum atomic E-state index is 13.1. The molecule has 6 aromatic rings. The van der Waals surface area contributed by atoms with Gasteiger partial charge >= 0.3 is 6.09 Å². The highest BCUT2D eigenvalue weighted by atomic mass is 16.6. The Kier molecular flexibility index (Phi) is 15.6. The molecule has 0 aliphatic rings. The molecule has 1 amide bonds. The molecule has 2 aromatic heterocycles. The Morgan fingerprint density at radius 2 is 1.10 bits per heavy atom. The number of carbonyl (C=O) groups is 1. The fraction of sp³-hybridized carbons (Fsp3) is 0.235. The van der Waals surface area contributed by atoms with E-state index in [1.165, 1.54) is 4.90 Å². The van der Waals surface area contributed by atoms with Gasteiger partial charge in [-0.05, 0) is 155 Å². The molecule has 12 nitrogen and oxygen atoms in total. The highest BCUT2D eigenvalue weighted by Gasteiger charge is 2.25. The molecule has 316 valence electrons. The molecule has 6 rings (SSSR count). The van der Waals surface area contributed by atoms with Crippen molar-refractivity contribution in [2.75, 3.05) is 10.2 Å². The summed E-state index contributed by atoms with van der Waals surface area (Å²) in [5.74, 6) is 1.40. The second-order valence-corrected chi connectivity index (χ2v) is 15.6. The van der Waals surface area contributed by atoms with Gasteiger partial charge in [0, 0.05) is 30.3 Å². The maximum Gasteiger partial charge on any atom is 0.415 e. The number of carbonyl (C=O) groups excluding carboxylic acids is 1. The fourth-order valence-electron chi connectivity index (χ4n) is 6.35. The standard InChI is InChI=1S/C28H28N4O3.C23H20N4O/c1-19-24(16-31-20(2)26(19)34-18-23-8-6-7-22(13-23)15-30)17-32(27(33)35-28(3,4)5)25-11-9-21(14-29)10-12-25;1-16-21(14-27-22-8-6-18(11-24)7-9-22)13-26-17(2)23(16)28-15-20-5-3-4-19(10-20)12-25/h6-13,16H,17-18H2,1-5H3;3-10,13,27H,14-15H2,1-2H3. The molecule has 0 saturated heterocycles. The van der Waals surface area contributed by atoms with Gasteiger partial charge in [-0.2, -0.15) is 21.0 Å². The lowest BCUT2D eigenvalue weighted by Crippen LogP contribution is -2.36. The van der Waals surface area contributed by atoms with Crippen LogP contribution in [0.15, 0.2) is 109 Å². The van der Waals surface area contributed by atoms with Crippen molar-refractivity contribution in [1.29, 1.82) is 21.0 Å². The van der Waals surface area contributed by atoms with Crippen molar-refractivity contribution in [2.24, 2.45) is 0 Å². The van der Waals surface area contributed by atoms with Crippen LogP contribution in [0.25, 0.3) is 0 Å². The van der Waals surface area contributed by atoms with E-state index in [1.807, 2.05) is 97.1 Å². The molecule has 0 saturated carbocycles. The number of aromatic nitrogens is 2. The molecule has 4 aromatic carbocycles. The third-order valence-electron chi connectivity index (χ3n) is 9.76. The zero-order valence-corrected chi connectivity index (χ0v) is 36.5. The third-order valence-corrected chi connectivity index (χ3v) is 9.76. The van der Waals surface area contributed by atoms with E-state index in [0.29, 0.717) is 46.8 Å². The number of nitrogens with zero attached hydrogens (tertiary/aromatic N) is 7. The van der Waals surface area contributed by atoms with Crippen LogP contribution >= 0.6 is 0 Å². The van der Waals surface area contributed by atoms with Crippen molar-refractivity contribution >= 4 is 17.5 Å².